The Morgan fingerprint density at radius 2 is 1.76 bits per heavy atom. The molecule has 0 saturated carbocycles. The quantitative estimate of drug-likeness (QED) is 0.708. The van der Waals surface area contributed by atoms with E-state index in [1.165, 1.54) is 30.9 Å². The van der Waals surface area contributed by atoms with E-state index in [1.54, 1.807) is 28.8 Å². The van der Waals surface area contributed by atoms with Gasteiger partial charge in [-0.25, -0.2) is 4.39 Å². The molecule has 0 atom stereocenters. The average Bonchev–Trinajstić information content (AvgIpc) is 3.14. The highest BCUT2D eigenvalue weighted by atomic mass is 19.1. The Bertz CT molecular complexity index is 896. The van der Waals surface area contributed by atoms with E-state index in [4.69, 9.17) is 0 Å². The molecule has 0 radical (unpaired) electrons. The lowest BCUT2D eigenvalue weighted by Crippen LogP contribution is -2.35. The molecule has 2 amide bonds. The summed E-state index contributed by atoms with van der Waals surface area (Å²) in [5.74, 6) is -2.02. The van der Waals surface area contributed by atoms with Crippen molar-refractivity contribution in [2.75, 3.05) is 5.32 Å². The summed E-state index contributed by atoms with van der Waals surface area (Å²) in [6.45, 7) is 0.0603. The minimum Gasteiger partial charge on any atom is -0.344 e. The molecule has 1 heterocycles. The highest BCUT2D eigenvalue weighted by Gasteiger charge is 2.13. The number of anilines is 1. The van der Waals surface area contributed by atoms with Crippen LogP contribution < -0.4 is 10.6 Å². The smallest absolute Gasteiger partial charge is 0.313 e. The fourth-order valence-electron chi connectivity index (χ4n) is 2.18. The molecule has 0 bridgehead atoms. The number of nitrogens with one attached hydrogen (secondary N) is 2. The Balaban J connectivity index is 1.60. The number of carbonyl (C=O) groups excluding carboxylic acids is 2. The zero-order valence-corrected chi connectivity index (χ0v) is 13.0. The summed E-state index contributed by atoms with van der Waals surface area (Å²) in [6, 6.07) is 12.7. The van der Waals surface area contributed by atoms with E-state index in [-0.39, 0.29) is 6.54 Å². The molecule has 25 heavy (non-hydrogen) atoms. The Morgan fingerprint density at radius 1 is 1.00 bits per heavy atom. The highest BCUT2D eigenvalue weighted by molar-refractivity contribution is 6.39. The molecule has 0 aliphatic heterocycles. The molecule has 2 N–H and O–H groups in total. The molecule has 1 aromatic heterocycles. The largest absolute Gasteiger partial charge is 0.344 e. The summed E-state index contributed by atoms with van der Waals surface area (Å²) in [7, 11) is 0. The number of carbonyl (C=O) groups is 2. The van der Waals surface area contributed by atoms with Crippen LogP contribution in [0.1, 0.15) is 5.56 Å². The van der Waals surface area contributed by atoms with E-state index in [2.05, 4.69) is 20.8 Å². The van der Waals surface area contributed by atoms with Crippen molar-refractivity contribution in [1.82, 2.24) is 20.1 Å². The molecular formula is C17H14FN5O2. The van der Waals surface area contributed by atoms with Gasteiger partial charge in [0.1, 0.15) is 18.5 Å². The van der Waals surface area contributed by atoms with E-state index in [1.807, 2.05) is 6.07 Å². The van der Waals surface area contributed by atoms with Gasteiger partial charge in [0.25, 0.3) is 0 Å². The molecule has 2 aromatic carbocycles. The van der Waals surface area contributed by atoms with Gasteiger partial charge in [-0.15, -0.1) is 10.2 Å². The van der Waals surface area contributed by atoms with Crippen molar-refractivity contribution in [1.29, 1.82) is 0 Å². The summed E-state index contributed by atoms with van der Waals surface area (Å²) in [6.07, 6.45) is 3.04. The maximum absolute atomic E-state index is 13.1. The first-order chi connectivity index (χ1) is 12.1. The van der Waals surface area contributed by atoms with E-state index in [0.717, 1.165) is 5.69 Å². The summed E-state index contributed by atoms with van der Waals surface area (Å²) in [5, 5.41) is 12.4. The second kappa shape index (κ2) is 7.35. The SMILES string of the molecule is O=C(NCc1cccc(F)c1)C(=O)Nc1cccc(-n2cnnc2)c1. The van der Waals surface area contributed by atoms with E-state index in [0.29, 0.717) is 11.3 Å². The third-order valence-electron chi connectivity index (χ3n) is 3.37. The first kappa shape index (κ1) is 16.3. The lowest BCUT2D eigenvalue weighted by molar-refractivity contribution is -0.136. The van der Waals surface area contributed by atoms with Gasteiger partial charge in [0.2, 0.25) is 0 Å². The molecule has 7 nitrogen and oxygen atoms in total. The third-order valence-corrected chi connectivity index (χ3v) is 3.37. The maximum atomic E-state index is 13.1. The van der Waals surface area contributed by atoms with Crippen LogP contribution in [-0.2, 0) is 16.1 Å². The monoisotopic (exact) mass is 339 g/mol. The van der Waals surface area contributed by atoms with Gasteiger partial charge < -0.3 is 10.6 Å². The second-order valence-electron chi connectivity index (χ2n) is 5.19. The van der Waals surface area contributed by atoms with Gasteiger partial charge in [0.05, 0.1) is 5.69 Å². The van der Waals surface area contributed by atoms with Crippen molar-refractivity contribution in [3.8, 4) is 5.69 Å². The number of aromatic nitrogens is 3. The molecule has 0 aliphatic carbocycles. The van der Waals surface area contributed by atoms with Crippen LogP contribution in [0.4, 0.5) is 10.1 Å². The van der Waals surface area contributed by atoms with Crippen molar-refractivity contribution in [2.45, 2.75) is 6.54 Å². The van der Waals surface area contributed by atoms with Crippen molar-refractivity contribution in [3.05, 3.63) is 72.6 Å². The molecule has 3 aromatic rings. The number of hydrogen-bond acceptors (Lipinski definition) is 4. The number of rotatable bonds is 4. The molecule has 0 spiro atoms. The van der Waals surface area contributed by atoms with Crippen LogP contribution in [0.3, 0.4) is 0 Å². The van der Waals surface area contributed by atoms with Crippen molar-refractivity contribution >= 4 is 17.5 Å². The number of nitrogens with zero attached hydrogens (tertiary/aromatic N) is 3. The van der Waals surface area contributed by atoms with E-state index >= 15 is 0 Å². The van der Waals surface area contributed by atoms with Crippen LogP contribution in [0.25, 0.3) is 5.69 Å². The molecule has 126 valence electrons. The Kier molecular flexibility index (Phi) is 4.79. The fourth-order valence-corrected chi connectivity index (χ4v) is 2.18. The highest BCUT2D eigenvalue weighted by Crippen LogP contribution is 2.14. The van der Waals surface area contributed by atoms with Crippen molar-refractivity contribution in [2.24, 2.45) is 0 Å². The molecule has 3 rings (SSSR count). The van der Waals surface area contributed by atoms with Gasteiger partial charge >= 0.3 is 11.8 Å². The van der Waals surface area contributed by atoms with Crippen LogP contribution >= 0.6 is 0 Å². The van der Waals surface area contributed by atoms with Gasteiger partial charge in [0, 0.05) is 12.2 Å². The molecular weight excluding hydrogens is 325 g/mol. The molecule has 0 unspecified atom stereocenters. The van der Waals surface area contributed by atoms with Crippen LogP contribution in [-0.4, -0.2) is 26.6 Å². The molecule has 8 heteroatoms. The van der Waals surface area contributed by atoms with Crippen molar-refractivity contribution in [3.63, 3.8) is 0 Å². The van der Waals surface area contributed by atoms with Crippen LogP contribution in [0, 0.1) is 5.82 Å². The van der Waals surface area contributed by atoms with Gasteiger partial charge in [-0.05, 0) is 35.9 Å². The van der Waals surface area contributed by atoms with Gasteiger partial charge in [-0.1, -0.05) is 18.2 Å². The molecule has 0 fully saturated rings. The predicted molar refractivity (Wildman–Crippen MR) is 88.2 cm³/mol. The zero-order valence-electron chi connectivity index (χ0n) is 13.0. The van der Waals surface area contributed by atoms with E-state index < -0.39 is 17.6 Å². The van der Waals surface area contributed by atoms with Gasteiger partial charge in [-0.2, -0.15) is 0 Å². The van der Waals surface area contributed by atoms with Crippen molar-refractivity contribution < 1.29 is 14.0 Å². The van der Waals surface area contributed by atoms with Gasteiger partial charge in [0.15, 0.2) is 0 Å². The fraction of sp³-hybridized carbons (Fsp3) is 0.0588. The number of benzene rings is 2. The summed E-state index contributed by atoms with van der Waals surface area (Å²) < 4.78 is 14.8. The minimum absolute atomic E-state index is 0.0603. The zero-order chi connectivity index (χ0) is 17.6. The van der Waals surface area contributed by atoms with Crippen LogP contribution in [0.5, 0.6) is 0 Å². The van der Waals surface area contributed by atoms with Gasteiger partial charge in [-0.3, -0.25) is 14.2 Å². The first-order valence-corrected chi connectivity index (χ1v) is 7.40. The maximum Gasteiger partial charge on any atom is 0.313 e. The average molecular weight is 339 g/mol. The lowest BCUT2D eigenvalue weighted by atomic mass is 10.2. The number of hydrogen-bond donors (Lipinski definition) is 2. The lowest BCUT2D eigenvalue weighted by Gasteiger charge is -2.08. The topological polar surface area (TPSA) is 88.9 Å². The number of amides is 2. The predicted octanol–water partition coefficient (Wildman–Crippen LogP) is 1.66. The Labute approximate surface area is 142 Å². The second-order valence-corrected chi connectivity index (χ2v) is 5.19. The Morgan fingerprint density at radius 3 is 2.52 bits per heavy atom. The number of halogens is 1. The molecule has 0 aliphatic rings. The van der Waals surface area contributed by atoms with E-state index in [9.17, 15) is 14.0 Å². The first-order valence-electron chi connectivity index (χ1n) is 7.40. The summed E-state index contributed by atoms with van der Waals surface area (Å²) in [5.41, 5.74) is 1.76. The molecule has 0 saturated heterocycles. The third kappa shape index (κ3) is 4.25. The van der Waals surface area contributed by atoms with Crippen LogP contribution in [0.2, 0.25) is 0 Å². The normalized spacial score (nSPS) is 10.3. The standard InChI is InChI=1S/C17H14FN5O2/c18-13-4-1-3-12(7-13)9-19-16(24)17(25)22-14-5-2-6-15(8-14)23-10-20-21-11-23/h1-8,10-11H,9H2,(H,19,24)(H,22,25). The summed E-state index contributed by atoms with van der Waals surface area (Å²) in [4.78, 5) is 23.8. The summed E-state index contributed by atoms with van der Waals surface area (Å²) >= 11 is 0. The van der Waals surface area contributed by atoms with Crippen LogP contribution in [0.15, 0.2) is 61.2 Å². The minimum atomic E-state index is -0.808. The Hall–Kier alpha value is -3.55.